The second kappa shape index (κ2) is 9.54. The second-order valence-electron chi connectivity index (χ2n) is 4.44. The van der Waals surface area contributed by atoms with Crippen molar-refractivity contribution in [2.45, 2.75) is 26.3 Å². The summed E-state index contributed by atoms with van der Waals surface area (Å²) in [5.41, 5.74) is 6.44. The Labute approximate surface area is 124 Å². The lowest BCUT2D eigenvalue weighted by atomic mass is 10.2. The van der Waals surface area contributed by atoms with Crippen LogP contribution < -0.4 is 5.73 Å². The number of rotatable bonds is 7. The molecule has 4 nitrogen and oxygen atoms in total. The summed E-state index contributed by atoms with van der Waals surface area (Å²) in [4.78, 5) is 14.6. The van der Waals surface area contributed by atoms with Gasteiger partial charge >= 0.3 is 0 Å². The van der Waals surface area contributed by atoms with Crippen LogP contribution in [0.1, 0.15) is 30.2 Å². The van der Waals surface area contributed by atoms with Crippen LogP contribution in [0.3, 0.4) is 0 Å². The van der Waals surface area contributed by atoms with Crippen molar-refractivity contribution in [1.29, 1.82) is 0 Å². The minimum absolute atomic E-state index is 0.0990. The first-order chi connectivity index (χ1) is 9.67. The van der Waals surface area contributed by atoms with E-state index in [2.05, 4.69) is 18.8 Å². The van der Waals surface area contributed by atoms with Crippen LogP contribution in [0.5, 0.6) is 0 Å². The third-order valence-corrected chi connectivity index (χ3v) is 3.52. The number of amides is 1. The number of carbonyl (C=O) groups is 1. The average Bonchev–Trinajstić information content (AvgIpc) is 2.88. The largest absolute Gasteiger partial charge is 0.381 e. The fourth-order valence-corrected chi connectivity index (χ4v) is 2.39. The summed E-state index contributed by atoms with van der Waals surface area (Å²) in [6.45, 7) is 4.23. The first-order valence-electron chi connectivity index (χ1n) is 6.75. The maximum Gasteiger partial charge on any atom is 0.224 e. The van der Waals surface area contributed by atoms with Gasteiger partial charge in [0.05, 0.1) is 24.4 Å². The molecular formula is C15H22N2O2S. The number of ether oxygens (including phenoxy) is 1. The molecular weight excluding hydrogens is 272 g/mol. The molecule has 1 rings (SSSR count). The molecule has 0 unspecified atom stereocenters. The molecule has 0 radical (unpaired) electrons. The van der Waals surface area contributed by atoms with E-state index in [4.69, 9.17) is 10.5 Å². The van der Waals surface area contributed by atoms with Crippen LogP contribution in [0.4, 0.5) is 0 Å². The first kappa shape index (κ1) is 16.7. The minimum atomic E-state index is 0.0990. The molecule has 0 saturated carbocycles. The molecule has 0 atom stereocenters. The van der Waals surface area contributed by atoms with E-state index in [1.807, 2.05) is 18.5 Å². The molecule has 0 aliphatic rings. The second-order valence-corrected chi connectivity index (χ2v) is 5.35. The van der Waals surface area contributed by atoms with Crippen molar-refractivity contribution in [3.8, 4) is 11.8 Å². The topological polar surface area (TPSA) is 55.6 Å². The number of thiophene rings is 1. The van der Waals surface area contributed by atoms with Crippen molar-refractivity contribution in [3.05, 3.63) is 21.9 Å². The molecule has 110 valence electrons. The Morgan fingerprint density at radius 2 is 2.30 bits per heavy atom. The Morgan fingerprint density at radius 1 is 1.50 bits per heavy atom. The number of nitrogens with zero attached hydrogens (tertiary/aromatic N) is 1. The van der Waals surface area contributed by atoms with E-state index >= 15 is 0 Å². The summed E-state index contributed by atoms with van der Waals surface area (Å²) in [6, 6.07) is 2.00. The molecule has 0 aliphatic heterocycles. The quantitative estimate of drug-likeness (QED) is 0.616. The van der Waals surface area contributed by atoms with Crippen LogP contribution in [0.2, 0.25) is 0 Å². The number of hydrogen-bond donors (Lipinski definition) is 1. The smallest absolute Gasteiger partial charge is 0.224 e. The normalized spacial score (nSPS) is 9.95. The molecule has 1 aromatic heterocycles. The summed E-state index contributed by atoms with van der Waals surface area (Å²) in [5.74, 6) is 5.92. The molecule has 0 aliphatic carbocycles. The Bertz CT molecular complexity index is 474. The van der Waals surface area contributed by atoms with Crippen LogP contribution in [-0.2, 0) is 16.1 Å². The van der Waals surface area contributed by atoms with Crippen LogP contribution >= 0.6 is 11.3 Å². The molecule has 0 saturated heterocycles. The number of carbonyl (C=O) groups excluding carboxylic acids is 1. The van der Waals surface area contributed by atoms with Gasteiger partial charge in [-0.1, -0.05) is 18.8 Å². The minimum Gasteiger partial charge on any atom is -0.381 e. The van der Waals surface area contributed by atoms with Crippen molar-refractivity contribution >= 4 is 17.2 Å². The lowest BCUT2D eigenvalue weighted by Crippen LogP contribution is -2.26. The summed E-state index contributed by atoms with van der Waals surface area (Å²) < 4.78 is 5.33. The van der Waals surface area contributed by atoms with E-state index < -0.39 is 0 Å². The number of hydrogen-bond acceptors (Lipinski definition) is 4. The summed E-state index contributed by atoms with van der Waals surface area (Å²) >= 11 is 1.58. The van der Waals surface area contributed by atoms with Crippen molar-refractivity contribution in [2.24, 2.45) is 5.73 Å². The predicted molar refractivity (Wildman–Crippen MR) is 82.5 cm³/mol. The van der Waals surface area contributed by atoms with Gasteiger partial charge in [0.25, 0.3) is 0 Å². The van der Waals surface area contributed by atoms with Gasteiger partial charge in [-0.2, -0.15) is 0 Å². The molecule has 0 aromatic carbocycles. The van der Waals surface area contributed by atoms with Crippen molar-refractivity contribution in [2.75, 3.05) is 26.8 Å². The Kier molecular flexibility index (Phi) is 7.97. The molecule has 0 spiro atoms. The Hall–Kier alpha value is -1.35. The molecule has 5 heteroatoms. The summed E-state index contributed by atoms with van der Waals surface area (Å²) in [5, 5.41) is 2.03. The highest BCUT2D eigenvalue weighted by atomic mass is 32.1. The monoisotopic (exact) mass is 294 g/mol. The van der Waals surface area contributed by atoms with E-state index in [9.17, 15) is 4.79 Å². The summed E-state index contributed by atoms with van der Waals surface area (Å²) in [7, 11) is 1.81. The lowest BCUT2D eigenvalue weighted by Gasteiger charge is -2.16. The molecule has 2 N–H and O–H groups in total. The maximum absolute atomic E-state index is 11.9. The fraction of sp³-hybridized carbons (Fsp3) is 0.533. The van der Waals surface area contributed by atoms with Crippen LogP contribution in [0.25, 0.3) is 0 Å². The van der Waals surface area contributed by atoms with Gasteiger partial charge in [-0.15, -0.1) is 11.3 Å². The van der Waals surface area contributed by atoms with E-state index in [0.29, 0.717) is 32.7 Å². The Balaban J connectivity index is 2.39. The van der Waals surface area contributed by atoms with E-state index in [-0.39, 0.29) is 5.91 Å². The summed E-state index contributed by atoms with van der Waals surface area (Å²) in [6.07, 6.45) is 1.41. The van der Waals surface area contributed by atoms with Gasteiger partial charge in [0, 0.05) is 20.2 Å². The molecule has 0 bridgehead atoms. The van der Waals surface area contributed by atoms with Gasteiger partial charge in [0.1, 0.15) is 0 Å². The molecule has 1 amide bonds. The first-order valence-corrected chi connectivity index (χ1v) is 7.63. The molecule has 20 heavy (non-hydrogen) atoms. The third kappa shape index (κ3) is 6.20. The molecule has 0 fully saturated rings. The van der Waals surface area contributed by atoms with E-state index in [1.54, 1.807) is 16.2 Å². The lowest BCUT2D eigenvalue weighted by molar-refractivity contribution is -0.131. The van der Waals surface area contributed by atoms with Crippen molar-refractivity contribution in [1.82, 2.24) is 4.90 Å². The van der Waals surface area contributed by atoms with Gasteiger partial charge in [-0.3, -0.25) is 4.79 Å². The zero-order valence-electron chi connectivity index (χ0n) is 12.1. The zero-order chi connectivity index (χ0) is 14.8. The fourth-order valence-electron chi connectivity index (χ4n) is 1.62. The average molecular weight is 294 g/mol. The highest BCUT2D eigenvalue weighted by molar-refractivity contribution is 7.10. The van der Waals surface area contributed by atoms with Crippen molar-refractivity contribution < 1.29 is 9.53 Å². The number of nitrogens with two attached hydrogens (primary N) is 1. The maximum atomic E-state index is 11.9. The standard InChI is InChI=1S/C15H22N2O2S/c1-3-8-19-9-6-15(18)17(2)11-13-10-14(20-12-13)5-4-7-16/h10,12H,3,6-9,11,16H2,1-2H3. The van der Waals surface area contributed by atoms with Gasteiger partial charge in [0.2, 0.25) is 5.91 Å². The Morgan fingerprint density at radius 3 is 3.00 bits per heavy atom. The molecule has 1 heterocycles. The third-order valence-electron chi connectivity index (χ3n) is 2.62. The van der Waals surface area contributed by atoms with Crippen LogP contribution in [0, 0.1) is 11.8 Å². The van der Waals surface area contributed by atoms with E-state index in [0.717, 1.165) is 16.9 Å². The predicted octanol–water partition coefficient (Wildman–Crippen LogP) is 1.83. The van der Waals surface area contributed by atoms with E-state index in [1.165, 1.54) is 0 Å². The van der Waals surface area contributed by atoms with Gasteiger partial charge in [0.15, 0.2) is 0 Å². The van der Waals surface area contributed by atoms with Crippen molar-refractivity contribution in [3.63, 3.8) is 0 Å². The molecule has 1 aromatic rings. The zero-order valence-corrected chi connectivity index (χ0v) is 13.0. The van der Waals surface area contributed by atoms with Gasteiger partial charge in [-0.05, 0) is 23.4 Å². The highest BCUT2D eigenvalue weighted by Gasteiger charge is 2.10. The SMILES string of the molecule is CCCOCCC(=O)N(C)Cc1csc(C#CCN)c1. The van der Waals surface area contributed by atoms with Crippen LogP contribution in [-0.4, -0.2) is 37.6 Å². The van der Waals surface area contributed by atoms with Gasteiger partial charge < -0.3 is 15.4 Å². The van der Waals surface area contributed by atoms with Gasteiger partial charge in [-0.25, -0.2) is 0 Å². The highest BCUT2D eigenvalue weighted by Crippen LogP contribution is 2.15. The van der Waals surface area contributed by atoms with Crippen LogP contribution in [0.15, 0.2) is 11.4 Å².